The third-order valence-electron chi connectivity index (χ3n) is 1.21. The van der Waals surface area contributed by atoms with Gasteiger partial charge in [-0.3, -0.25) is 0 Å². The summed E-state index contributed by atoms with van der Waals surface area (Å²) < 4.78 is 0. The van der Waals surface area contributed by atoms with E-state index in [2.05, 4.69) is 4.99 Å². The molecule has 0 atom stereocenters. The number of nitrogens with zero attached hydrogens (tertiary/aromatic N) is 1. The minimum atomic E-state index is 0.750. The van der Waals surface area contributed by atoms with Crippen molar-refractivity contribution in [1.82, 2.24) is 0 Å². The van der Waals surface area contributed by atoms with E-state index >= 15 is 0 Å². The van der Waals surface area contributed by atoms with Crippen molar-refractivity contribution in [1.29, 1.82) is 5.41 Å². The van der Waals surface area contributed by atoms with Crippen LogP contribution in [0.4, 0.5) is 0 Å². The molecule has 0 aromatic carbocycles. The first kappa shape index (κ1) is 9.50. The number of allylic oxidation sites excluding steroid dienone is 2. The van der Waals surface area contributed by atoms with Crippen LogP contribution in [0.2, 0.25) is 0 Å². The summed E-state index contributed by atoms with van der Waals surface area (Å²) in [4.78, 5) is 21.5. The molecule has 0 saturated heterocycles. The Bertz CT molecular complexity index is 221. The van der Waals surface area contributed by atoms with Crippen LogP contribution in [-0.2, 0) is 9.59 Å². The Balaban J connectivity index is 0.000000292. The molecule has 0 radical (unpaired) electrons. The normalized spacial score (nSPS) is 13.3. The molecule has 0 aliphatic heterocycles. The molecule has 0 aromatic heterocycles. The number of aliphatic imine (C=N–C) groups is 1. The zero-order chi connectivity index (χ0) is 8.53. The first-order valence-corrected chi connectivity index (χ1v) is 3.16. The van der Waals surface area contributed by atoms with Crippen LogP contribution in [-0.4, -0.2) is 12.2 Å². The molecular weight excluding hydrogens is 144 g/mol. The lowest BCUT2D eigenvalue weighted by Gasteiger charge is -1.80. The summed E-state index contributed by atoms with van der Waals surface area (Å²) in [6.45, 7) is 0. The molecule has 1 rings (SSSR count). The van der Waals surface area contributed by atoms with Crippen molar-refractivity contribution >= 4 is 12.2 Å². The van der Waals surface area contributed by atoms with Crippen molar-refractivity contribution in [2.45, 2.75) is 19.3 Å². The lowest BCUT2D eigenvalue weighted by Crippen LogP contribution is -1.66. The van der Waals surface area contributed by atoms with Gasteiger partial charge in [0.15, 0.2) is 0 Å². The standard InChI is InChI=1S/C6H7NO.CHNO/c8-5-7-6-3-1-2-4-6;2-1-3/h3H,1-2,4H2;2H. The van der Waals surface area contributed by atoms with Gasteiger partial charge >= 0.3 is 0 Å². The van der Waals surface area contributed by atoms with Gasteiger partial charge in [-0.2, -0.15) is 4.99 Å². The highest BCUT2D eigenvalue weighted by Crippen LogP contribution is 2.17. The third-order valence-corrected chi connectivity index (χ3v) is 1.21. The van der Waals surface area contributed by atoms with Crippen LogP contribution in [0, 0.1) is 5.41 Å². The van der Waals surface area contributed by atoms with Gasteiger partial charge in [0.05, 0.1) is 0 Å². The molecule has 4 nitrogen and oxygen atoms in total. The Kier molecular flexibility index (Phi) is 5.72. The summed E-state index contributed by atoms with van der Waals surface area (Å²) in [6, 6.07) is 0. The van der Waals surface area contributed by atoms with Crippen molar-refractivity contribution in [2.24, 2.45) is 4.99 Å². The van der Waals surface area contributed by atoms with Gasteiger partial charge in [0.2, 0.25) is 12.2 Å². The Morgan fingerprint density at radius 2 is 2.18 bits per heavy atom. The Labute approximate surface area is 64.1 Å². The molecule has 1 N–H and O–H groups in total. The average Bonchev–Trinajstić information content (AvgIpc) is 2.42. The Hall–Kier alpha value is -1.50. The summed E-state index contributed by atoms with van der Waals surface area (Å²) in [7, 11) is 0. The van der Waals surface area contributed by atoms with Crippen LogP contribution >= 0.6 is 0 Å². The molecular formula is C7H8N2O2. The van der Waals surface area contributed by atoms with E-state index in [-0.39, 0.29) is 0 Å². The number of hydrogen-bond acceptors (Lipinski definition) is 4. The van der Waals surface area contributed by atoms with Crippen LogP contribution in [0.15, 0.2) is 16.8 Å². The molecule has 1 aliphatic rings. The minimum absolute atomic E-state index is 0.750. The molecule has 4 heteroatoms. The van der Waals surface area contributed by atoms with Crippen molar-refractivity contribution in [3.63, 3.8) is 0 Å². The molecule has 0 fully saturated rings. The molecule has 0 bridgehead atoms. The van der Waals surface area contributed by atoms with E-state index in [0.717, 1.165) is 31.0 Å². The van der Waals surface area contributed by atoms with Gasteiger partial charge in [-0.25, -0.2) is 15.0 Å². The second-order valence-electron chi connectivity index (χ2n) is 1.89. The highest BCUT2D eigenvalue weighted by Gasteiger charge is 2.00. The maximum absolute atomic E-state index is 9.63. The predicted molar refractivity (Wildman–Crippen MR) is 38.5 cm³/mol. The second kappa shape index (κ2) is 6.62. The number of hydrogen-bond donors (Lipinski definition) is 1. The second-order valence-corrected chi connectivity index (χ2v) is 1.89. The molecule has 0 amide bonds. The number of isocyanates is 2. The summed E-state index contributed by atoms with van der Waals surface area (Å²) in [6.07, 6.45) is 7.41. The first-order chi connectivity index (χ1) is 5.35. The highest BCUT2D eigenvalue weighted by atomic mass is 16.1. The monoisotopic (exact) mass is 152 g/mol. The zero-order valence-corrected chi connectivity index (χ0v) is 5.96. The van der Waals surface area contributed by atoms with Crippen LogP contribution in [0.25, 0.3) is 0 Å². The van der Waals surface area contributed by atoms with Gasteiger partial charge < -0.3 is 0 Å². The summed E-state index contributed by atoms with van der Waals surface area (Å²) in [5.74, 6) is 0. The Morgan fingerprint density at radius 1 is 1.55 bits per heavy atom. The predicted octanol–water partition coefficient (Wildman–Crippen LogP) is 1.29. The van der Waals surface area contributed by atoms with Crippen LogP contribution < -0.4 is 0 Å². The van der Waals surface area contributed by atoms with Crippen LogP contribution in [0.5, 0.6) is 0 Å². The van der Waals surface area contributed by atoms with E-state index in [9.17, 15) is 4.79 Å². The van der Waals surface area contributed by atoms with Crippen molar-refractivity contribution in [3.8, 4) is 0 Å². The molecule has 0 spiro atoms. The van der Waals surface area contributed by atoms with Crippen LogP contribution in [0.1, 0.15) is 19.3 Å². The van der Waals surface area contributed by atoms with Gasteiger partial charge in [0.1, 0.15) is 0 Å². The fourth-order valence-electron chi connectivity index (χ4n) is 0.814. The zero-order valence-electron chi connectivity index (χ0n) is 5.96. The quantitative estimate of drug-likeness (QED) is 0.454. The SMILES string of the molecule is N=C=O.O=C=NC1=CCCC1. The lowest BCUT2D eigenvalue weighted by molar-refractivity contribution is 0.562. The lowest BCUT2D eigenvalue weighted by atomic mass is 10.3. The fraction of sp³-hybridized carbons (Fsp3) is 0.429. The molecule has 0 unspecified atom stereocenters. The number of rotatable bonds is 1. The van der Waals surface area contributed by atoms with Gasteiger partial charge in [0.25, 0.3) is 0 Å². The largest absolute Gasteiger partial charge is 0.240 e. The summed E-state index contributed by atoms with van der Waals surface area (Å²) in [5, 5.41) is 5.40. The molecule has 0 heterocycles. The van der Waals surface area contributed by atoms with Crippen molar-refractivity contribution < 1.29 is 9.59 Å². The molecule has 0 aromatic rings. The fourth-order valence-corrected chi connectivity index (χ4v) is 0.814. The number of nitrogens with one attached hydrogen (secondary N) is 1. The maximum Gasteiger partial charge on any atom is 0.240 e. The van der Waals surface area contributed by atoms with E-state index in [0.29, 0.717) is 0 Å². The van der Waals surface area contributed by atoms with E-state index < -0.39 is 0 Å². The third kappa shape index (κ3) is 4.97. The molecule has 11 heavy (non-hydrogen) atoms. The highest BCUT2D eigenvalue weighted by molar-refractivity contribution is 5.37. The first-order valence-electron chi connectivity index (χ1n) is 3.16. The van der Waals surface area contributed by atoms with Gasteiger partial charge in [-0.1, -0.05) is 6.08 Å². The van der Waals surface area contributed by atoms with Gasteiger partial charge in [-0.05, 0) is 19.3 Å². The molecule has 0 saturated carbocycles. The minimum Gasteiger partial charge on any atom is -0.222 e. The smallest absolute Gasteiger partial charge is 0.222 e. The van der Waals surface area contributed by atoms with E-state index in [1.807, 2.05) is 6.08 Å². The van der Waals surface area contributed by atoms with Crippen molar-refractivity contribution in [2.75, 3.05) is 0 Å². The maximum atomic E-state index is 9.63. The van der Waals surface area contributed by atoms with Crippen molar-refractivity contribution in [3.05, 3.63) is 11.8 Å². The number of carbonyl (C=O) groups excluding carboxylic acids is 2. The van der Waals surface area contributed by atoms with E-state index in [1.165, 1.54) is 6.08 Å². The summed E-state index contributed by atoms with van der Waals surface area (Å²) in [5.41, 5.74) is 0.903. The van der Waals surface area contributed by atoms with E-state index in [4.69, 9.17) is 10.2 Å². The van der Waals surface area contributed by atoms with Gasteiger partial charge in [0, 0.05) is 5.70 Å². The van der Waals surface area contributed by atoms with Gasteiger partial charge in [-0.15, -0.1) is 0 Å². The molecule has 58 valence electrons. The Morgan fingerprint density at radius 3 is 2.55 bits per heavy atom. The topological polar surface area (TPSA) is 70.3 Å². The summed E-state index contributed by atoms with van der Waals surface area (Å²) >= 11 is 0. The van der Waals surface area contributed by atoms with Crippen LogP contribution in [0.3, 0.4) is 0 Å². The molecule has 1 aliphatic carbocycles. The van der Waals surface area contributed by atoms with E-state index in [1.54, 1.807) is 0 Å². The average molecular weight is 152 g/mol.